The van der Waals surface area contributed by atoms with Crippen LogP contribution in [0.25, 0.3) is 0 Å². The Bertz CT molecular complexity index is 1170. The van der Waals surface area contributed by atoms with Crippen LogP contribution in [0.3, 0.4) is 0 Å². The second kappa shape index (κ2) is 13.4. The molecule has 2 aromatic carbocycles. The van der Waals surface area contributed by atoms with E-state index in [2.05, 4.69) is 12.2 Å². The summed E-state index contributed by atoms with van der Waals surface area (Å²) in [6, 6.07) is 16.9. The highest BCUT2D eigenvalue weighted by Gasteiger charge is 2.47. The Balaban J connectivity index is 1.56. The summed E-state index contributed by atoms with van der Waals surface area (Å²) in [6.45, 7) is 4.90. The predicted molar refractivity (Wildman–Crippen MR) is 150 cm³/mol. The third-order valence-electron chi connectivity index (χ3n) is 7.72. The van der Waals surface area contributed by atoms with Crippen LogP contribution in [0, 0.1) is 18.8 Å². The monoisotopic (exact) mass is 529 g/mol. The summed E-state index contributed by atoms with van der Waals surface area (Å²) in [6.07, 6.45) is 7.19. The van der Waals surface area contributed by atoms with Crippen molar-refractivity contribution in [1.29, 1.82) is 0 Å². The third kappa shape index (κ3) is 7.02. The molecule has 2 aromatic rings. The number of imide groups is 1. The molecule has 0 aromatic heterocycles. The Morgan fingerprint density at radius 2 is 1.59 bits per heavy atom. The van der Waals surface area contributed by atoms with E-state index in [1.54, 1.807) is 4.90 Å². The van der Waals surface area contributed by atoms with Gasteiger partial charge in [0.25, 0.3) is 0 Å². The maximum Gasteiger partial charge on any atom is 0.243 e. The molecule has 0 unspecified atom stereocenters. The first-order valence-corrected chi connectivity index (χ1v) is 14.1. The summed E-state index contributed by atoms with van der Waals surface area (Å²) in [5.41, 5.74) is 2.98. The molecule has 1 saturated heterocycles. The van der Waals surface area contributed by atoms with Crippen LogP contribution < -0.4 is 5.32 Å². The molecule has 3 atom stereocenters. The molecular formula is C32H39N3O4. The fraction of sp³-hybridized carbons (Fsp3) is 0.438. The minimum Gasteiger partial charge on any atom is -0.354 e. The van der Waals surface area contributed by atoms with Crippen molar-refractivity contribution in [2.75, 3.05) is 13.1 Å². The van der Waals surface area contributed by atoms with Crippen LogP contribution >= 0.6 is 0 Å². The summed E-state index contributed by atoms with van der Waals surface area (Å²) in [5.74, 6) is -1.47. The molecule has 1 aliphatic carbocycles. The van der Waals surface area contributed by atoms with Crippen molar-refractivity contribution >= 4 is 23.6 Å². The Hall–Kier alpha value is -3.74. The van der Waals surface area contributed by atoms with Crippen molar-refractivity contribution in [3.63, 3.8) is 0 Å². The average molecular weight is 530 g/mol. The van der Waals surface area contributed by atoms with Crippen LogP contribution in [-0.2, 0) is 32.1 Å². The molecule has 1 fully saturated rings. The van der Waals surface area contributed by atoms with E-state index in [1.807, 2.05) is 73.7 Å². The van der Waals surface area contributed by atoms with Gasteiger partial charge in [-0.1, -0.05) is 85.7 Å². The van der Waals surface area contributed by atoms with E-state index < -0.39 is 6.04 Å². The number of hydrogen-bond donors (Lipinski definition) is 1. The van der Waals surface area contributed by atoms with Gasteiger partial charge >= 0.3 is 0 Å². The maximum absolute atomic E-state index is 13.8. The van der Waals surface area contributed by atoms with Crippen molar-refractivity contribution in [1.82, 2.24) is 15.1 Å². The van der Waals surface area contributed by atoms with E-state index in [-0.39, 0.29) is 55.0 Å². The van der Waals surface area contributed by atoms with Gasteiger partial charge in [0.15, 0.2) is 0 Å². The highest BCUT2D eigenvalue weighted by atomic mass is 16.2. The van der Waals surface area contributed by atoms with Gasteiger partial charge in [0, 0.05) is 32.5 Å². The van der Waals surface area contributed by atoms with Gasteiger partial charge in [0.05, 0.1) is 11.8 Å². The van der Waals surface area contributed by atoms with E-state index in [0.717, 1.165) is 29.5 Å². The normalized spacial score (nSPS) is 19.1. The van der Waals surface area contributed by atoms with Crippen LogP contribution in [0.4, 0.5) is 0 Å². The van der Waals surface area contributed by atoms with Crippen molar-refractivity contribution in [3.8, 4) is 0 Å². The van der Waals surface area contributed by atoms with Gasteiger partial charge < -0.3 is 10.2 Å². The lowest BCUT2D eigenvalue weighted by Gasteiger charge is -2.32. The van der Waals surface area contributed by atoms with E-state index in [1.165, 1.54) is 4.90 Å². The van der Waals surface area contributed by atoms with Crippen molar-refractivity contribution in [3.05, 3.63) is 83.4 Å². The number of nitrogens with one attached hydrogen (secondary N) is 1. The molecular weight excluding hydrogens is 490 g/mol. The zero-order valence-electron chi connectivity index (χ0n) is 23.0. The summed E-state index contributed by atoms with van der Waals surface area (Å²) in [4.78, 5) is 56.2. The average Bonchev–Trinajstić information content (AvgIpc) is 3.20. The Morgan fingerprint density at radius 3 is 2.21 bits per heavy atom. The number of hydrogen-bond acceptors (Lipinski definition) is 4. The number of allylic oxidation sites excluding steroid dienone is 2. The number of carbonyl (C=O) groups is 4. The molecule has 1 heterocycles. The second-order valence-corrected chi connectivity index (χ2v) is 10.6. The number of carbonyl (C=O) groups excluding carboxylic acids is 4. The maximum atomic E-state index is 13.8. The lowest BCUT2D eigenvalue weighted by molar-refractivity contribution is -0.144. The number of likely N-dealkylation sites (tertiary alicyclic amines) is 1. The number of nitrogens with zero attached hydrogens (tertiary/aromatic N) is 2. The number of fused-ring (bicyclic) bond motifs is 1. The standard InChI is InChI=1S/C32H39N3O4/c1-3-4-19-33-30(37)28(21-24-10-6-5-7-11-24)35(22-25-16-14-23(2)15-17-25)29(36)18-20-34-31(38)26-12-8-9-13-27(26)32(34)39/h5-11,14-17,26-28H,3-4,12-13,18-22H2,1-2H3,(H,33,37)/t26-,27+,28-/m1/s1. The number of unbranched alkanes of at least 4 members (excludes halogenated alkanes) is 1. The highest BCUT2D eigenvalue weighted by Crippen LogP contribution is 2.35. The Labute approximate surface area is 231 Å². The number of amides is 4. The molecule has 0 saturated carbocycles. The van der Waals surface area contributed by atoms with E-state index in [4.69, 9.17) is 0 Å². The quantitative estimate of drug-likeness (QED) is 0.254. The van der Waals surface area contributed by atoms with Gasteiger partial charge in [0.2, 0.25) is 23.6 Å². The van der Waals surface area contributed by atoms with E-state index in [9.17, 15) is 19.2 Å². The van der Waals surface area contributed by atoms with Crippen LogP contribution in [0.15, 0.2) is 66.7 Å². The van der Waals surface area contributed by atoms with E-state index in [0.29, 0.717) is 25.8 Å². The van der Waals surface area contributed by atoms with Gasteiger partial charge in [-0.05, 0) is 37.3 Å². The minimum absolute atomic E-state index is 0.0241. The zero-order valence-corrected chi connectivity index (χ0v) is 23.0. The summed E-state index contributed by atoms with van der Waals surface area (Å²) in [7, 11) is 0. The van der Waals surface area contributed by atoms with Gasteiger partial charge in [-0.25, -0.2) is 0 Å². The fourth-order valence-corrected chi connectivity index (χ4v) is 5.39. The van der Waals surface area contributed by atoms with Crippen molar-refractivity contribution in [2.24, 2.45) is 11.8 Å². The molecule has 4 amide bonds. The van der Waals surface area contributed by atoms with Gasteiger partial charge in [-0.15, -0.1) is 0 Å². The molecule has 7 heteroatoms. The number of benzene rings is 2. The third-order valence-corrected chi connectivity index (χ3v) is 7.72. The molecule has 4 rings (SSSR count). The highest BCUT2D eigenvalue weighted by molar-refractivity contribution is 6.05. The summed E-state index contributed by atoms with van der Waals surface area (Å²) >= 11 is 0. The van der Waals surface area contributed by atoms with Crippen LogP contribution in [0.1, 0.15) is 55.7 Å². The van der Waals surface area contributed by atoms with Crippen LogP contribution in [0.5, 0.6) is 0 Å². The summed E-state index contributed by atoms with van der Waals surface area (Å²) < 4.78 is 0. The SMILES string of the molecule is CCCCNC(=O)[C@@H](Cc1ccccc1)N(Cc1ccc(C)cc1)C(=O)CCN1C(=O)[C@H]2CC=CC[C@H]2C1=O. The zero-order chi connectivity index (χ0) is 27.8. The molecule has 0 radical (unpaired) electrons. The molecule has 2 aliphatic rings. The molecule has 206 valence electrons. The smallest absolute Gasteiger partial charge is 0.243 e. The first-order chi connectivity index (χ1) is 18.9. The fourth-order valence-electron chi connectivity index (χ4n) is 5.39. The van der Waals surface area contributed by atoms with Gasteiger partial charge in [-0.3, -0.25) is 24.1 Å². The molecule has 39 heavy (non-hydrogen) atoms. The lowest BCUT2D eigenvalue weighted by Crippen LogP contribution is -2.51. The van der Waals surface area contributed by atoms with Crippen LogP contribution in [0.2, 0.25) is 0 Å². The first kappa shape index (κ1) is 28.3. The molecule has 0 bridgehead atoms. The lowest BCUT2D eigenvalue weighted by atomic mass is 9.85. The molecule has 1 aliphatic heterocycles. The molecule has 0 spiro atoms. The largest absolute Gasteiger partial charge is 0.354 e. The van der Waals surface area contributed by atoms with Gasteiger partial charge in [0.1, 0.15) is 6.04 Å². The topological polar surface area (TPSA) is 86.8 Å². The Morgan fingerprint density at radius 1 is 0.949 bits per heavy atom. The van der Waals surface area contributed by atoms with E-state index >= 15 is 0 Å². The number of rotatable bonds is 12. The second-order valence-electron chi connectivity index (χ2n) is 10.6. The Kier molecular flexibility index (Phi) is 9.69. The molecule has 1 N–H and O–H groups in total. The minimum atomic E-state index is -0.727. The van der Waals surface area contributed by atoms with Crippen molar-refractivity contribution < 1.29 is 19.2 Å². The predicted octanol–water partition coefficient (Wildman–Crippen LogP) is 4.19. The van der Waals surface area contributed by atoms with Crippen molar-refractivity contribution in [2.45, 2.75) is 65.0 Å². The summed E-state index contributed by atoms with van der Waals surface area (Å²) in [5, 5.41) is 3.02. The van der Waals surface area contributed by atoms with Crippen LogP contribution in [-0.4, -0.2) is 52.6 Å². The molecule has 7 nitrogen and oxygen atoms in total. The first-order valence-electron chi connectivity index (χ1n) is 14.1. The van der Waals surface area contributed by atoms with Gasteiger partial charge in [-0.2, -0.15) is 0 Å². The number of aryl methyl sites for hydroxylation is 1.